The van der Waals surface area contributed by atoms with Gasteiger partial charge in [0.2, 0.25) is 0 Å². The maximum absolute atomic E-state index is 14.4. The van der Waals surface area contributed by atoms with Gasteiger partial charge in [-0.1, -0.05) is 42.1 Å². The zero-order valence-corrected chi connectivity index (χ0v) is 18.8. The van der Waals surface area contributed by atoms with Gasteiger partial charge in [-0.15, -0.1) is 10.2 Å². The van der Waals surface area contributed by atoms with E-state index >= 15 is 0 Å². The second-order valence-electron chi connectivity index (χ2n) is 7.43. The highest BCUT2D eigenvalue weighted by Crippen LogP contribution is 2.29. The summed E-state index contributed by atoms with van der Waals surface area (Å²) in [6.45, 7) is 2.99. The highest BCUT2D eigenvalue weighted by Gasteiger charge is 2.23. The van der Waals surface area contributed by atoms with E-state index in [-0.39, 0.29) is 24.4 Å². The normalized spacial score (nSPS) is 15.9. The Morgan fingerprint density at radius 2 is 1.91 bits per heavy atom. The van der Waals surface area contributed by atoms with Crippen LogP contribution < -0.4 is 0 Å². The van der Waals surface area contributed by atoms with Crippen LogP contribution in [0.1, 0.15) is 6.92 Å². The van der Waals surface area contributed by atoms with E-state index in [1.54, 1.807) is 27.7 Å². The number of morpholine rings is 1. The molecule has 2 heterocycles. The lowest BCUT2D eigenvalue weighted by molar-refractivity contribution is -0.153. The van der Waals surface area contributed by atoms with Gasteiger partial charge < -0.3 is 14.4 Å². The van der Waals surface area contributed by atoms with Gasteiger partial charge in [-0.3, -0.25) is 14.2 Å². The molecule has 1 aliphatic rings. The van der Waals surface area contributed by atoms with Crippen LogP contribution in [-0.2, 0) is 19.1 Å². The third kappa shape index (κ3) is 5.58. The molecule has 1 fully saturated rings. The molecule has 3 aromatic rings. The fourth-order valence-electron chi connectivity index (χ4n) is 3.43. The first kappa shape index (κ1) is 22.9. The number of rotatable bonds is 7. The zero-order chi connectivity index (χ0) is 23.2. The molecule has 0 saturated carbocycles. The van der Waals surface area contributed by atoms with Crippen molar-refractivity contribution in [2.45, 2.75) is 18.2 Å². The number of hydrogen-bond acceptors (Lipinski definition) is 7. The summed E-state index contributed by atoms with van der Waals surface area (Å²) in [5, 5.41) is 8.75. The van der Waals surface area contributed by atoms with Gasteiger partial charge in [0, 0.05) is 18.8 Å². The van der Waals surface area contributed by atoms with Gasteiger partial charge in [0.05, 0.1) is 24.0 Å². The Hall–Kier alpha value is -3.24. The van der Waals surface area contributed by atoms with Crippen molar-refractivity contribution in [2.75, 3.05) is 32.1 Å². The summed E-state index contributed by atoms with van der Waals surface area (Å²) in [5.74, 6) is -0.974. The molecule has 1 aromatic heterocycles. The number of halogens is 1. The number of hydrogen-bond donors (Lipinski definition) is 0. The quantitative estimate of drug-likeness (QED) is 0.388. The number of benzene rings is 2. The Kier molecular flexibility index (Phi) is 7.36. The van der Waals surface area contributed by atoms with Gasteiger partial charge in [-0.25, -0.2) is 4.39 Å². The van der Waals surface area contributed by atoms with Gasteiger partial charge in [-0.05, 0) is 31.2 Å². The van der Waals surface area contributed by atoms with Crippen LogP contribution in [0.25, 0.3) is 17.1 Å². The van der Waals surface area contributed by atoms with Crippen LogP contribution in [0.5, 0.6) is 0 Å². The molecule has 2 aromatic carbocycles. The monoisotopic (exact) mass is 470 g/mol. The number of thioether (sulfide) groups is 1. The molecule has 1 saturated heterocycles. The molecular formula is C23H23FN4O4S. The zero-order valence-electron chi connectivity index (χ0n) is 18.0. The van der Waals surface area contributed by atoms with Crippen molar-refractivity contribution in [1.29, 1.82) is 0 Å². The summed E-state index contributed by atoms with van der Waals surface area (Å²) in [6, 6.07) is 15.6. The first-order valence-electron chi connectivity index (χ1n) is 10.5. The predicted octanol–water partition coefficient (Wildman–Crippen LogP) is 2.96. The lowest BCUT2D eigenvalue weighted by atomic mass is 10.2. The predicted molar refractivity (Wildman–Crippen MR) is 120 cm³/mol. The van der Waals surface area contributed by atoms with Gasteiger partial charge in [-0.2, -0.15) is 0 Å². The van der Waals surface area contributed by atoms with E-state index in [0.29, 0.717) is 36.2 Å². The summed E-state index contributed by atoms with van der Waals surface area (Å²) in [4.78, 5) is 26.2. The molecule has 1 aliphatic heterocycles. The van der Waals surface area contributed by atoms with E-state index in [1.165, 1.54) is 6.07 Å². The van der Waals surface area contributed by atoms with Crippen LogP contribution in [0, 0.1) is 5.82 Å². The van der Waals surface area contributed by atoms with Crippen LogP contribution in [0.4, 0.5) is 4.39 Å². The van der Waals surface area contributed by atoms with Gasteiger partial charge in [0.15, 0.2) is 17.6 Å². The van der Waals surface area contributed by atoms with Crippen LogP contribution >= 0.6 is 11.8 Å². The van der Waals surface area contributed by atoms with E-state index < -0.39 is 11.8 Å². The Labute approximate surface area is 194 Å². The first-order valence-corrected chi connectivity index (χ1v) is 11.4. The average molecular weight is 471 g/mol. The molecule has 172 valence electrons. The molecular weight excluding hydrogens is 447 g/mol. The minimum Gasteiger partial charge on any atom is -0.455 e. The smallest absolute Gasteiger partial charge is 0.316 e. The third-order valence-electron chi connectivity index (χ3n) is 5.03. The highest BCUT2D eigenvalue weighted by molar-refractivity contribution is 7.99. The molecule has 8 nitrogen and oxygen atoms in total. The number of nitrogens with zero attached hydrogens (tertiary/aromatic N) is 4. The Bertz CT molecular complexity index is 1120. The summed E-state index contributed by atoms with van der Waals surface area (Å²) < 4.78 is 26.7. The van der Waals surface area contributed by atoms with E-state index in [4.69, 9.17) is 9.47 Å². The van der Waals surface area contributed by atoms with Gasteiger partial charge in [0.1, 0.15) is 5.82 Å². The molecule has 33 heavy (non-hydrogen) atoms. The average Bonchev–Trinajstić information content (AvgIpc) is 3.25. The molecule has 4 rings (SSSR count). The maximum atomic E-state index is 14.4. The summed E-state index contributed by atoms with van der Waals surface area (Å²) in [5.41, 5.74) is 1.03. The van der Waals surface area contributed by atoms with E-state index in [9.17, 15) is 14.0 Å². The number of carbonyl (C=O) groups is 2. The van der Waals surface area contributed by atoms with Crippen LogP contribution in [0.2, 0.25) is 0 Å². The van der Waals surface area contributed by atoms with Crippen LogP contribution in [-0.4, -0.2) is 69.7 Å². The number of ether oxygens (including phenoxy) is 2. The van der Waals surface area contributed by atoms with Gasteiger partial charge >= 0.3 is 5.97 Å². The molecule has 0 N–H and O–H groups in total. The SMILES string of the molecule is CC1CN(C(=O)COC(=O)CSc2nnc(-c3ccccc3F)n2-c2ccccc2)CCO1. The highest BCUT2D eigenvalue weighted by atomic mass is 32.2. The molecule has 1 unspecified atom stereocenters. The second-order valence-corrected chi connectivity index (χ2v) is 8.37. The Balaban J connectivity index is 1.44. The first-order chi connectivity index (χ1) is 16.0. The molecule has 1 atom stereocenters. The van der Waals surface area contributed by atoms with Crippen molar-refractivity contribution in [3.05, 3.63) is 60.4 Å². The van der Waals surface area contributed by atoms with Crippen molar-refractivity contribution in [3.8, 4) is 17.1 Å². The fraction of sp³-hybridized carbons (Fsp3) is 0.304. The van der Waals surface area contributed by atoms with Crippen LogP contribution in [0.3, 0.4) is 0 Å². The number of aromatic nitrogens is 3. The summed E-state index contributed by atoms with van der Waals surface area (Å²) in [7, 11) is 0. The topological polar surface area (TPSA) is 86.5 Å². The van der Waals surface area contributed by atoms with Crippen molar-refractivity contribution in [3.63, 3.8) is 0 Å². The lowest BCUT2D eigenvalue weighted by Crippen LogP contribution is -2.46. The standard InChI is InChI=1S/C23H23FN4O4S/c1-16-13-27(11-12-31-16)20(29)14-32-21(30)15-33-23-26-25-22(18-9-5-6-10-19(18)24)28(23)17-7-3-2-4-8-17/h2-10,16H,11-15H2,1H3. The molecule has 0 spiro atoms. The molecule has 0 radical (unpaired) electrons. The molecule has 0 bridgehead atoms. The fourth-order valence-corrected chi connectivity index (χ4v) is 4.18. The van der Waals surface area contributed by atoms with E-state index in [2.05, 4.69) is 10.2 Å². The minimum absolute atomic E-state index is 0.0399. The number of carbonyl (C=O) groups excluding carboxylic acids is 2. The summed E-state index contributed by atoms with van der Waals surface area (Å²) in [6.07, 6.45) is -0.0399. The molecule has 10 heteroatoms. The van der Waals surface area contributed by atoms with Crippen molar-refractivity contribution in [1.82, 2.24) is 19.7 Å². The Morgan fingerprint density at radius 1 is 1.15 bits per heavy atom. The molecule has 0 aliphatic carbocycles. The number of amides is 1. The van der Waals surface area contributed by atoms with E-state index in [1.807, 2.05) is 37.3 Å². The third-order valence-corrected chi connectivity index (χ3v) is 5.93. The largest absolute Gasteiger partial charge is 0.455 e. The molecule has 1 amide bonds. The maximum Gasteiger partial charge on any atom is 0.316 e. The second kappa shape index (κ2) is 10.6. The number of esters is 1. The van der Waals surface area contributed by atoms with Crippen molar-refractivity contribution >= 4 is 23.6 Å². The van der Waals surface area contributed by atoms with Crippen molar-refractivity contribution < 1.29 is 23.5 Å². The van der Waals surface area contributed by atoms with E-state index in [0.717, 1.165) is 17.4 Å². The lowest BCUT2D eigenvalue weighted by Gasteiger charge is -2.30. The minimum atomic E-state index is -0.551. The van der Waals surface area contributed by atoms with Crippen molar-refractivity contribution in [2.24, 2.45) is 0 Å². The summed E-state index contributed by atoms with van der Waals surface area (Å²) >= 11 is 1.11. The Morgan fingerprint density at radius 3 is 2.67 bits per heavy atom. The van der Waals surface area contributed by atoms with Crippen LogP contribution in [0.15, 0.2) is 59.8 Å². The van der Waals surface area contributed by atoms with Gasteiger partial charge in [0.25, 0.3) is 5.91 Å². The number of para-hydroxylation sites is 1.